The van der Waals surface area contributed by atoms with E-state index in [1.54, 1.807) is 17.0 Å². The van der Waals surface area contributed by atoms with Gasteiger partial charge in [-0.3, -0.25) is 14.3 Å². The van der Waals surface area contributed by atoms with Crippen LogP contribution in [-0.4, -0.2) is 38.8 Å². The van der Waals surface area contributed by atoms with Crippen LogP contribution in [0.25, 0.3) is 0 Å². The third-order valence-corrected chi connectivity index (χ3v) is 6.68. The molecular formula is C25H23F2N3O3. The van der Waals surface area contributed by atoms with Gasteiger partial charge >= 0.3 is 0 Å². The summed E-state index contributed by atoms with van der Waals surface area (Å²) in [5.74, 6) is -2.40. The van der Waals surface area contributed by atoms with Gasteiger partial charge in [0.2, 0.25) is 5.43 Å². The van der Waals surface area contributed by atoms with Gasteiger partial charge in [0.25, 0.3) is 5.91 Å². The first kappa shape index (κ1) is 21.3. The molecule has 1 N–H and O–H groups in total. The molecule has 0 bridgehead atoms. The fourth-order valence-corrected chi connectivity index (χ4v) is 5.25. The molecular weight excluding hydrogens is 428 g/mol. The molecule has 0 radical (unpaired) electrons. The van der Waals surface area contributed by atoms with Crippen LogP contribution in [-0.2, 0) is 12.8 Å². The summed E-state index contributed by atoms with van der Waals surface area (Å²) < 4.78 is 31.2. The van der Waals surface area contributed by atoms with Gasteiger partial charge in [-0.25, -0.2) is 8.78 Å². The minimum Gasteiger partial charge on any atom is -0.502 e. The lowest BCUT2D eigenvalue weighted by Crippen LogP contribution is -2.47. The van der Waals surface area contributed by atoms with Crippen molar-refractivity contribution in [1.82, 2.24) is 14.7 Å². The maximum atomic E-state index is 14.9. The molecule has 2 aromatic carbocycles. The second-order valence-electron chi connectivity index (χ2n) is 8.56. The Labute approximate surface area is 189 Å². The number of nitrogens with zero attached hydrogens (tertiary/aromatic N) is 3. The minimum atomic E-state index is -0.745. The predicted molar refractivity (Wildman–Crippen MR) is 117 cm³/mol. The summed E-state index contributed by atoms with van der Waals surface area (Å²) in [5, 5.41) is 14.7. The molecule has 2 heterocycles. The van der Waals surface area contributed by atoms with E-state index in [4.69, 9.17) is 0 Å². The van der Waals surface area contributed by atoms with Gasteiger partial charge in [-0.2, -0.15) is 5.10 Å². The summed E-state index contributed by atoms with van der Waals surface area (Å²) in [6, 6.07) is 9.11. The molecule has 0 spiro atoms. The highest BCUT2D eigenvalue weighted by Gasteiger charge is 2.41. The molecule has 5 rings (SSSR count). The molecule has 2 aliphatic rings. The van der Waals surface area contributed by atoms with Crippen LogP contribution in [0.1, 0.15) is 58.0 Å². The third-order valence-electron chi connectivity index (χ3n) is 6.68. The lowest BCUT2D eigenvalue weighted by Gasteiger charge is -2.39. The van der Waals surface area contributed by atoms with Crippen molar-refractivity contribution in [2.24, 2.45) is 0 Å². The molecule has 1 aromatic heterocycles. The molecule has 0 saturated carbocycles. The Balaban J connectivity index is 1.80. The third kappa shape index (κ3) is 3.32. The van der Waals surface area contributed by atoms with E-state index < -0.39 is 29.0 Å². The first-order chi connectivity index (χ1) is 15.9. The van der Waals surface area contributed by atoms with Crippen LogP contribution in [0, 0.1) is 11.6 Å². The normalized spacial score (nSPS) is 17.8. The summed E-state index contributed by atoms with van der Waals surface area (Å²) >= 11 is 0. The van der Waals surface area contributed by atoms with Gasteiger partial charge in [0.1, 0.15) is 11.6 Å². The SMILES string of the molecule is CCCN1C[C@H](C2c3cccc(F)c3CCc3c(F)cccc32)n2ncc(=O)c(O)c2C1=O. The zero-order chi connectivity index (χ0) is 23.3. The fourth-order valence-electron chi connectivity index (χ4n) is 5.25. The quantitative estimate of drug-likeness (QED) is 0.661. The molecule has 1 atom stereocenters. The highest BCUT2D eigenvalue weighted by atomic mass is 19.1. The lowest BCUT2D eigenvalue weighted by atomic mass is 9.81. The number of carbonyl (C=O) groups excluding carboxylic acids is 1. The smallest absolute Gasteiger partial charge is 0.276 e. The van der Waals surface area contributed by atoms with Crippen LogP contribution in [0.5, 0.6) is 5.75 Å². The Hall–Kier alpha value is -3.55. The molecule has 0 saturated heterocycles. The highest BCUT2D eigenvalue weighted by Crippen LogP contribution is 2.44. The second-order valence-corrected chi connectivity index (χ2v) is 8.56. The molecule has 6 nitrogen and oxygen atoms in total. The fraction of sp³-hybridized carbons (Fsp3) is 0.320. The van der Waals surface area contributed by atoms with Crippen molar-refractivity contribution in [1.29, 1.82) is 0 Å². The molecule has 0 unspecified atom stereocenters. The van der Waals surface area contributed by atoms with E-state index in [0.29, 0.717) is 48.1 Å². The van der Waals surface area contributed by atoms with Crippen molar-refractivity contribution in [2.75, 3.05) is 13.1 Å². The Morgan fingerprint density at radius 2 is 1.64 bits per heavy atom. The zero-order valence-corrected chi connectivity index (χ0v) is 18.1. The summed E-state index contributed by atoms with van der Waals surface area (Å²) in [7, 11) is 0. The van der Waals surface area contributed by atoms with E-state index in [2.05, 4.69) is 5.10 Å². The van der Waals surface area contributed by atoms with Gasteiger partial charge in [0.05, 0.1) is 12.2 Å². The maximum absolute atomic E-state index is 14.9. The maximum Gasteiger partial charge on any atom is 0.276 e. The Morgan fingerprint density at radius 1 is 1.03 bits per heavy atom. The Morgan fingerprint density at radius 3 is 2.21 bits per heavy atom. The van der Waals surface area contributed by atoms with Crippen molar-refractivity contribution in [3.63, 3.8) is 0 Å². The summed E-state index contributed by atoms with van der Waals surface area (Å²) in [6.45, 7) is 2.57. The predicted octanol–water partition coefficient (Wildman–Crippen LogP) is 3.56. The lowest BCUT2D eigenvalue weighted by molar-refractivity contribution is 0.0634. The van der Waals surface area contributed by atoms with Crippen LogP contribution in [0.2, 0.25) is 0 Å². The van der Waals surface area contributed by atoms with Gasteiger partial charge in [0.15, 0.2) is 11.4 Å². The first-order valence-corrected chi connectivity index (χ1v) is 11.1. The number of aromatic nitrogens is 2. The van der Waals surface area contributed by atoms with Gasteiger partial charge in [-0.15, -0.1) is 0 Å². The summed E-state index contributed by atoms with van der Waals surface area (Å²) in [6.07, 6.45) is 2.33. The standard InChI is InChI=1S/C25H23F2N3O3/c1-2-11-29-13-20(30-23(25(29)33)24(32)21(31)12-28-30)22-16-5-3-7-18(26)14(16)9-10-15-17(22)6-4-8-19(15)27/h3-8,12,20,22,32H,2,9-11,13H2,1H3/t20-/m1/s1. The van der Waals surface area contributed by atoms with Crippen molar-refractivity contribution >= 4 is 5.91 Å². The molecule has 8 heteroatoms. The topological polar surface area (TPSA) is 75.4 Å². The van der Waals surface area contributed by atoms with Gasteiger partial charge in [0, 0.05) is 19.0 Å². The summed E-state index contributed by atoms with van der Waals surface area (Å²) in [5.41, 5.74) is 1.47. The van der Waals surface area contributed by atoms with E-state index in [0.717, 1.165) is 6.20 Å². The molecule has 1 aliphatic carbocycles. The molecule has 1 aliphatic heterocycles. The zero-order valence-electron chi connectivity index (χ0n) is 18.1. The van der Waals surface area contributed by atoms with Crippen LogP contribution < -0.4 is 5.43 Å². The number of rotatable bonds is 3. The van der Waals surface area contributed by atoms with Crippen LogP contribution >= 0.6 is 0 Å². The van der Waals surface area contributed by atoms with E-state index in [1.807, 2.05) is 19.1 Å². The number of fused-ring (bicyclic) bond motifs is 3. The molecule has 3 aromatic rings. The van der Waals surface area contributed by atoms with Gasteiger partial charge in [-0.1, -0.05) is 31.2 Å². The van der Waals surface area contributed by atoms with Crippen molar-refractivity contribution in [3.05, 3.63) is 92.4 Å². The second kappa shape index (κ2) is 8.10. The van der Waals surface area contributed by atoms with E-state index >= 15 is 0 Å². The van der Waals surface area contributed by atoms with Gasteiger partial charge < -0.3 is 10.0 Å². The number of hydrogen-bond donors (Lipinski definition) is 1. The van der Waals surface area contributed by atoms with Crippen LogP contribution in [0.4, 0.5) is 8.78 Å². The van der Waals surface area contributed by atoms with E-state index in [-0.39, 0.29) is 23.9 Å². The number of carbonyl (C=O) groups is 1. The number of halogens is 2. The average Bonchev–Trinajstić information content (AvgIpc) is 2.96. The molecule has 170 valence electrons. The largest absolute Gasteiger partial charge is 0.502 e. The number of aromatic hydroxyl groups is 1. The Kier molecular flexibility index (Phi) is 5.23. The van der Waals surface area contributed by atoms with Crippen molar-refractivity contribution < 1.29 is 18.7 Å². The monoisotopic (exact) mass is 451 g/mol. The molecule has 33 heavy (non-hydrogen) atoms. The number of hydrogen-bond acceptors (Lipinski definition) is 4. The van der Waals surface area contributed by atoms with Crippen LogP contribution in [0.3, 0.4) is 0 Å². The minimum absolute atomic E-state index is 0.188. The average molecular weight is 451 g/mol. The number of benzene rings is 2. The van der Waals surface area contributed by atoms with E-state index in [9.17, 15) is 23.5 Å². The van der Waals surface area contributed by atoms with Crippen molar-refractivity contribution in [2.45, 2.75) is 38.1 Å². The summed E-state index contributed by atoms with van der Waals surface area (Å²) in [4.78, 5) is 26.8. The molecule has 1 amide bonds. The van der Waals surface area contributed by atoms with E-state index in [1.165, 1.54) is 16.8 Å². The molecule has 0 fully saturated rings. The van der Waals surface area contributed by atoms with Crippen LogP contribution in [0.15, 0.2) is 47.4 Å². The Bertz CT molecular complexity index is 1270. The highest BCUT2D eigenvalue weighted by molar-refractivity contribution is 5.95. The van der Waals surface area contributed by atoms with Gasteiger partial charge in [-0.05, 0) is 53.6 Å². The number of amides is 1. The van der Waals surface area contributed by atoms with Crippen molar-refractivity contribution in [3.8, 4) is 5.75 Å². The first-order valence-electron chi connectivity index (χ1n) is 11.1.